The summed E-state index contributed by atoms with van der Waals surface area (Å²) in [5.41, 5.74) is 6.10. The summed E-state index contributed by atoms with van der Waals surface area (Å²) in [7, 11) is 0. The standard InChI is InChI=1S/C36H42N6O3.C3H8O2S/c1-36(2,3)45-35(44)42-20-4-5-32(42)33-38-23-31(40-33)28-12-8-26(9-13-28)27-10-14-29(15-11-27)34(43)39-30-16-6-25(7-17-30)24-41-21-18-37-19-22-41;1-2-3-6(4)5/h6-17,23,32,37H,4-5,18-22,24H2,1-3H3,(H,38,40)(H,39,43);2-3H2,1H3,(H,4,5)/p-1/t32-;/m0./s1. The predicted octanol–water partition coefficient (Wildman–Crippen LogP) is 6.75. The number of likely N-dealkylation sites (tertiary alicyclic amines) is 1. The summed E-state index contributed by atoms with van der Waals surface area (Å²) in [5.74, 6) is 0.937. The lowest BCUT2D eigenvalue weighted by Gasteiger charge is -2.27. The molecule has 6 rings (SSSR count). The van der Waals surface area contributed by atoms with Crippen LogP contribution in [0.3, 0.4) is 0 Å². The van der Waals surface area contributed by atoms with Crippen LogP contribution in [0.1, 0.15) is 74.7 Å². The molecule has 0 bridgehead atoms. The number of amides is 2. The molecule has 3 heterocycles. The van der Waals surface area contributed by atoms with Gasteiger partial charge in [-0.2, -0.15) is 0 Å². The Morgan fingerprint density at radius 3 is 2.16 bits per heavy atom. The minimum Gasteiger partial charge on any atom is -0.772 e. The van der Waals surface area contributed by atoms with E-state index in [0.717, 1.165) is 85.9 Å². The predicted molar refractivity (Wildman–Crippen MR) is 201 cm³/mol. The Bertz CT molecular complexity index is 1750. The van der Waals surface area contributed by atoms with Crippen molar-refractivity contribution in [3.05, 3.63) is 95.9 Å². The van der Waals surface area contributed by atoms with E-state index >= 15 is 0 Å². The number of aromatic amines is 1. The average molecular weight is 714 g/mol. The number of rotatable bonds is 9. The number of hydrogen-bond acceptors (Lipinski definition) is 8. The number of anilines is 1. The summed E-state index contributed by atoms with van der Waals surface area (Å²) in [4.78, 5) is 37.9. The van der Waals surface area contributed by atoms with Crippen LogP contribution < -0.4 is 10.6 Å². The van der Waals surface area contributed by atoms with E-state index < -0.39 is 16.7 Å². The second-order valence-corrected chi connectivity index (χ2v) is 14.9. The lowest BCUT2D eigenvalue weighted by molar-refractivity contribution is 0.0218. The van der Waals surface area contributed by atoms with Gasteiger partial charge in [-0.25, -0.2) is 9.78 Å². The highest BCUT2D eigenvalue weighted by Gasteiger charge is 2.34. The first-order chi connectivity index (χ1) is 24.5. The topological polar surface area (TPSA) is 143 Å². The van der Waals surface area contributed by atoms with Crippen molar-refractivity contribution >= 4 is 28.8 Å². The smallest absolute Gasteiger partial charge is 0.410 e. The lowest BCUT2D eigenvalue weighted by Crippen LogP contribution is -2.42. The molecule has 0 spiro atoms. The van der Waals surface area contributed by atoms with E-state index in [0.29, 0.717) is 17.9 Å². The number of hydrogen-bond donors (Lipinski definition) is 3. The van der Waals surface area contributed by atoms with Gasteiger partial charge in [0.2, 0.25) is 0 Å². The Morgan fingerprint density at radius 2 is 1.57 bits per heavy atom. The first kappa shape index (κ1) is 37.9. The van der Waals surface area contributed by atoms with E-state index in [-0.39, 0.29) is 18.0 Å². The molecule has 0 saturated carbocycles. The molecule has 272 valence electrons. The zero-order valence-electron chi connectivity index (χ0n) is 29.9. The summed E-state index contributed by atoms with van der Waals surface area (Å²) in [6.45, 7) is 13.2. The third-order valence-corrected chi connectivity index (χ3v) is 9.41. The van der Waals surface area contributed by atoms with Gasteiger partial charge in [0.1, 0.15) is 11.4 Å². The van der Waals surface area contributed by atoms with Gasteiger partial charge in [0, 0.05) is 56.3 Å². The summed E-state index contributed by atoms with van der Waals surface area (Å²) >= 11 is -1.82. The third kappa shape index (κ3) is 11.1. The normalized spacial score (nSPS) is 17.0. The molecule has 11 nitrogen and oxygen atoms in total. The molecule has 51 heavy (non-hydrogen) atoms. The highest BCUT2D eigenvalue weighted by atomic mass is 32.2. The Morgan fingerprint density at radius 1 is 0.941 bits per heavy atom. The summed E-state index contributed by atoms with van der Waals surface area (Å²) in [6, 6.07) is 23.9. The number of nitrogens with zero attached hydrogens (tertiary/aromatic N) is 3. The Balaban J connectivity index is 0.000000774. The van der Waals surface area contributed by atoms with E-state index in [1.807, 2.05) is 70.3 Å². The van der Waals surface area contributed by atoms with Gasteiger partial charge >= 0.3 is 6.09 Å². The molecule has 0 radical (unpaired) electrons. The number of ether oxygens (including phenoxy) is 1. The number of piperazine rings is 1. The maximum absolute atomic E-state index is 12.9. The van der Waals surface area contributed by atoms with Crippen molar-refractivity contribution in [1.82, 2.24) is 25.1 Å². The van der Waals surface area contributed by atoms with Gasteiger partial charge in [0.05, 0.1) is 17.9 Å². The van der Waals surface area contributed by atoms with Gasteiger partial charge in [0.15, 0.2) is 0 Å². The van der Waals surface area contributed by atoms with E-state index in [1.54, 1.807) is 4.90 Å². The minimum atomic E-state index is -1.82. The SMILES string of the molecule is CC(C)(C)OC(=O)N1CCC[C@H]1c1ncc(-c2ccc(-c3ccc(C(=O)Nc4ccc(CN5CCNCC5)cc4)cc3)cc2)[nH]1.CCCS(=O)[O-]. The van der Waals surface area contributed by atoms with Crippen molar-refractivity contribution in [2.75, 3.05) is 43.8 Å². The van der Waals surface area contributed by atoms with Crippen molar-refractivity contribution < 1.29 is 23.1 Å². The number of aromatic nitrogens is 2. The van der Waals surface area contributed by atoms with Crippen LogP contribution in [0.4, 0.5) is 10.5 Å². The van der Waals surface area contributed by atoms with Crippen molar-refractivity contribution in [3.63, 3.8) is 0 Å². The van der Waals surface area contributed by atoms with Crippen molar-refractivity contribution in [2.45, 2.75) is 65.1 Å². The molecule has 2 saturated heterocycles. The summed E-state index contributed by atoms with van der Waals surface area (Å²) in [6.07, 6.45) is 4.01. The molecule has 2 amide bonds. The second-order valence-electron chi connectivity index (χ2n) is 13.9. The maximum Gasteiger partial charge on any atom is 0.410 e. The van der Waals surface area contributed by atoms with Crippen molar-refractivity contribution in [3.8, 4) is 22.4 Å². The molecule has 2 aliphatic rings. The van der Waals surface area contributed by atoms with Gasteiger partial charge in [-0.1, -0.05) is 66.5 Å². The molecule has 4 aromatic rings. The first-order valence-corrected chi connectivity index (χ1v) is 18.9. The van der Waals surface area contributed by atoms with E-state index in [9.17, 15) is 18.4 Å². The number of imidazole rings is 1. The monoisotopic (exact) mass is 713 g/mol. The van der Waals surface area contributed by atoms with E-state index in [4.69, 9.17) is 4.74 Å². The van der Waals surface area contributed by atoms with Gasteiger partial charge < -0.3 is 24.9 Å². The van der Waals surface area contributed by atoms with Gasteiger partial charge in [0.25, 0.3) is 5.91 Å². The Kier molecular flexibility index (Phi) is 13.2. The average Bonchev–Trinajstić information content (AvgIpc) is 3.80. The van der Waals surface area contributed by atoms with Crippen LogP contribution >= 0.6 is 0 Å². The summed E-state index contributed by atoms with van der Waals surface area (Å²) in [5, 5.41) is 6.39. The van der Waals surface area contributed by atoms with Crippen molar-refractivity contribution in [2.24, 2.45) is 0 Å². The third-order valence-electron chi connectivity index (χ3n) is 8.67. The molecular formula is C39H49N6O5S-. The summed E-state index contributed by atoms with van der Waals surface area (Å²) < 4.78 is 24.8. The number of carbonyl (C=O) groups is 2. The van der Waals surface area contributed by atoms with Crippen LogP contribution in [0.25, 0.3) is 22.4 Å². The molecule has 2 aliphatic heterocycles. The molecule has 1 aromatic heterocycles. The van der Waals surface area contributed by atoms with E-state index in [1.165, 1.54) is 5.56 Å². The Labute approximate surface area is 303 Å². The zero-order chi connectivity index (χ0) is 36.4. The van der Waals surface area contributed by atoms with Crippen LogP contribution in [0.15, 0.2) is 79.0 Å². The van der Waals surface area contributed by atoms with Crippen molar-refractivity contribution in [1.29, 1.82) is 0 Å². The van der Waals surface area contributed by atoms with Crippen LogP contribution in [0.2, 0.25) is 0 Å². The van der Waals surface area contributed by atoms with Crippen LogP contribution in [0.5, 0.6) is 0 Å². The molecular weight excluding hydrogens is 665 g/mol. The maximum atomic E-state index is 12.9. The molecule has 2 fully saturated rings. The lowest BCUT2D eigenvalue weighted by atomic mass is 10.0. The highest BCUT2D eigenvalue weighted by Crippen LogP contribution is 2.33. The number of carbonyl (C=O) groups excluding carboxylic acids is 2. The largest absolute Gasteiger partial charge is 0.772 e. The second kappa shape index (κ2) is 17.7. The van der Waals surface area contributed by atoms with E-state index in [2.05, 4.69) is 61.9 Å². The van der Waals surface area contributed by atoms with Crippen LogP contribution in [-0.4, -0.2) is 84.6 Å². The molecule has 3 N–H and O–H groups in total. The first-order valence-electron chi connectivity index (χ1n) is 17.6. The number of nitrogens with one attached hydrogen (secondary N) is 3. The number of benzene rings is 3. The zero-order valence-corrected chi connectivity index (χ0v) is 30.8. The molecule has 3 aromatic carbocycles. The van der Waals surface area contributed by atoms with Crippen LogP contribution in [-0.2, 0) is 22.4 Å². The Hall–Kier alpha value is -4.36. The van der Waals surface area contributed by atoms with Gasteiger partial charge in [-0.05, 0) is 86.6 Å². The van der Waals surface area contributed by atoms with Gasteiger partial charge in [-0.3, -0.25) is 18.8 Å². The fraction of sp³-hybridized carbons (Fsp3) is 0.410. The van der Waals surface area contributed by atoms with Crippen LogP contribution in [0, 0.1) is 0 Å². The number of H-pyrrole nitrogens is 1. The fourth-order valence-corrected chi connectivity index (χ4v) is 6.42. The molecule has 12 heteroatoms. The fourth-order valence-electron chi connectivity index (χ4n) is 6.09. The van der Waals surface area contributed by atoms with Gasteiger partial charge in [-0.15, -0.1) is 0 Å². The molecule has 1 unspecified atom stereocenters. The minimum absolute atomic E-state index is 0.120. The highest BCUT2D eigenvalue weighted by molar-refractivity contribution is 7.79. The quantitative estimate of drug-likeness (QED) is 0.162. The molecule has 0 aliphatic carbocycles. The molecule has 2 atom stereocenters.